The summed E-state index contributed by atoms with van der Waals surface area (Å²) < 4.78 is 7.03. The van der Waals surface area contributed by atoms with Crippen molar-refractivity contribution in [2.75, 3.05) is 0 Å². The molecular formula is C11H6N4O. The van der Waals surface area contributed by atoms with Crippen LogP contribution in [0.15, 0.2) is 41.1 Å². The molecule has 0 radical (unpaired) electrons. The van der Waals surface area contributed by atoms with Crippen LogP contribution < -0.4 is 0 Å². The van der Waals surface area contributed by atoms with Gasteiger partial charge in [-0.15, -0.1) is 10.2 Å². The van der Waals surface area contributed by atoms with Gasteiger partial charge in [0.2, 0.25) is 5.82 Å². The monoisotopic (exact) mass is 210 g/mol. The Kier molecular flexibility index (Phi) is 1.74. The fourth-order valence-electron chi connectivity index (χ4n) is 1.53. The molecule has 3 heterocycles. The highest BCUT2D eigenvalue weighted by Crippen LogP contribution is 2.18. The lowest BCUT2D eigenvalue weighted by molar-refractivity contribution is 0.576. The van der Waals surface area contributed by atoms with E-state index in [9.17, 15) is 0 Å². The summed E-state index contributed by atoms with van der Waals surface area (Å²) in [6.45, 7) is 0. The van der Waals surface area contributed by atoms with Crippen molar-refractivity contribution in [1.29, 1.82) is 5.26 Å². The van der Waals surface area contributed by atoms with Gasteiger partial charge < -0.3 is 4.42 Å². The van der Waals surface area contributed by atoms with E-state index in [2.05, 4.69) is 16.3 Å². The van der Waals surface area contributed by atoms with Gasteiger partial charge in [-0.25, -0.2) is 0 Å². The van der Waals surface area contributed by atoms with E-state index in [0.717, 1.165) is 0 Å². The molecule has 0 fully saturated rings. The van der Waals surface area contributed by atoms with Crippen LogP contribution in [-0.4, -0.2) is 14.6 Å². The number of furan rings is 1. The molecule has 0 aliphatic rings. The first-order valence-electron chi connectivity index (χ1n) is 4.67. The Morgan fingerprint density at radius 2 is 2.25 bits per heavy atom. The number of nitriles is 1. The van der Waals surface area contributed by atoms with Gasteiger partial charge >= 0.3 is 0 Å². The number of nitrogens with zero attached hydrogens (tertiary/aromatic N) is 4. The molecule has 5 nitrogen and oxygen atoms in total. The van der Waals surface area contributed by atoms with Crippen molar-refractivity contribution >= 4 is 5.65 Å². The van der Waals surface area contributed by atoms with E-state index in [1.54, 1.807) is 35.1 Å². The highest BCUT2D eigenvalue weighted by atomic mass is 16.3. The van der Waals surface area contributed by atoms with Gasteiger partial charge in [0.1, 0.15) is 0 Å². The van der Waals surface area contributed by atoms with Gasteiger partial charge in [0, 0.05) is 12.3 Å². The van der Waals surface area contributed by atoms with E-state index in [1.165, 1.54) is 0 Å². The second kappa shape index (κ2) is 3.21. The summed E-state index contributed by atoms with van der Waals surface area (Å²) in [6.07, 6.45) is 3.34. The maximum absolute atomic E-state index is 8.76. The molecule has 0 N–H and O–H groups in total. The molecular weight excluding hydrogens is 204 g/mol. The third-order valence-corrected chi connectivity index (χ3v) is 2.28. The van der Waals surface area contributed by atoms with Gasteiger partial charge in [-0.05, 0) is 18.2 Å². The van der Waals surface area contributed by atoms with Crippen LogP contribution >= 0.6 is 0 Å². The van der Waals surface area contributed by atoms with Crippen LogP contribution in [0, 0.1) is 11.3 Å². The Hall–Kier alpha value is -2.61. The molecule has 5 heteroatoms. The summed E-state index contributed by atoms with van der Waals surface area (Å²) in [5, 5.41) is 16.8. The predicted molar refractivity (Wildman–Crippen MR) is 55.4 cm³/mol. The zero-order valence-corrected chi connectivity index (χ0v) is 8.16. The largest absolute Gasteiger partial charge is 0.461 e. The molecule has 0 amide bonds. The smallest absolute Gasteiger partial charge is 0.204 e. The summed E-state index contributed by atoms with van der Waals surface area (Å²) in [4.78, 5) is 0. The van der Waals surface area contributed by atoms with E-state index >= 15 is 0 Å². The van der Waals surface area contributed by atoms with Crippen molar-refractivity contribution < 1.29 is 4.42 Å². The van der Waals surface area contributed by atoms with Crippen LogP contribution in [0.3, 0.4) is 0 Å². The van der Waals surface area contributed by atoms with E-state index in [-0.39, 0.29) is 0 Å². The van der Waals surface area contributed by atoms with Gasteiger partial charge in [-0.2, -0.15) is 5.26 Å². The molecule has 0 bridgehead atoms. The Labute approximate surface area is 90.6 Å². The van der Waals surface area contributed by atoms with Crippen LogP contribution in [0.2, 0.25) is 0 Å². The number of fused-ring (bicyclic) bond motifs is 1. The Morgan fingerprint density at radius 3 is 3.00 bits per heavy atom. The summed E-state index contributed by atoms with van der Waals surface area (Å²) in [7, 11) is 0. The van der Waals surface area contributed by atoms with Gasteiger partial charge in [0.15, 0.2) is 11.4 Å². The van der Waals surface area contributed by atoms with Crippen LogP contribution in [0.25, 0.3) is 17.2 Å². The van der Waals surface area contributed by atoms with Crippen molar-refractivity contribution in [3.8, 4) is 17.7 Å². The first-order chi connectivity index (χ1) is 7.88. The SMILES string of the molecule is N#Cc1ccn2c(-c3ccco3)nnc2c1. The molecule has 0 aliphatic heterocycles. The number of pyridine rings is 1. The molecule has 16 heavy (non-hydrogen) atoms. The Morgan fingerprint density at radius 1 is 1.31 bits per heavy atom. The van der Waals surface area contributed by atoms with Gasteiger partial charge in [0.25, 0.3) is 0 Å². The minimum absolute atomic E-state index is 0.561. The second-order valence-corrected chi connectivity index (χ2v) is 3.26. The van der Waals surface area contributed by atoms with Crippen molar-refractivity contribution in [3.63, 3.8) is 0 Å². The fourth-order valence-corrected chi connectivity index (χ4v) is 1.53. The molecule has 0 unspecified atom stereocenters. The normalized spacial score (nSPS) is 10.4. The molecule has 3 aromatic heterocycles. The third-order valence-electron chi connectivity index (χ3n) is 2.28. The zero-order chi connectivity index (χ0) is 11.0. The number of aromatic nitrogens is 3. The first-order valence-corrected chi connectivity index (χ1v) is 4.67. The van der Waals surface area contributed by atoms with Crippen LogP contribution in [0.4, 0.5) is 0 Å². The van der Waals surface area contributed by atoms with Crippen molar-refractivity contribution in [3.05, 3.63) is 42.3 Å². The molecule has 0 saturated heterocycles. The molecule has 0 atom stereocenters. The van der Waals surface area contributed by atoms with Gasteiger partial charge in [-0.3, -0.25) is 4.40 Å². The third kappa shape index (κ3) is 1.17. The van der Waals surface area contributed by atoms with E-state index in [1.807, 2.05) is 6.07 Å². The van der Waals surface area contributed by atoms with Crippen LogP contribution in [-0.2, 0) is 0 Å². The maximum atomic E-state index is 8.76. The molecule has 3 rings (SSSR count). The van der Waals surface area contributed by atoms with Gasteiger partial charge in [-0.1, -0.05) is 0 Å². The Bertz CT molecular complexity index is 676. The molecule has 0 aliphatic carbocycles. The quantitative estimate of drug-likeness (QED) is 0.614. The summed E-state index contributed by atoms with van der Waals surface area (Å²) in [6, 6.07) is 9.06. The van der Waals surface area contributed by atoms with Crippen molar-refractivity contribution in [1.82, 2.24) is 14.6 Å². The average Bonchev–Trinajstić information content (AvgIpc) is 2.96. The van der Waals surface area contributed by atoms with Crippen molar-refractivity contribution in [2.45, 2.75) is 0 Å². The van der Waals surface area contributed by atoms with E-state index in [4.69, 9.17) is 9.68 Å². The standard InChI is InChI=1S/C11H6N4O/c12-7-8-3-4-15-10(6-8)13-14-11(15)9-2-1-5-16-9/h1-6H. The Balaban J connectivity index is 2.26. The molecule has 0 aromatic carbocycles. The molecule has 0 spiro atoms. The lowest BCUT2D eigenvalue weighted by Crippen LogP contribution is -1.88. The average molecular weight is 210 g/mol. The van der Waals surface area contributed by atoms with Crippen molar-refractivity contribution in [2.24, 2.45) is 0 Å². The number of rotatable bonds is 1. The predicted octanol–water partition coefficient (Wildman–Crippen LogP) is 1.86. The second-order valence-electron chi connectivity index (χ2n) is 3.26. The summed E-state index contributed by atoms with van der Waals surface area (Å²) >= 11 is 0. The number of hydrogen-bond acceptors (Lipinski definition) is 4. The molecule has 3 aromatic rings. The van der Waals surface area contributed by atoms with Crippen LogP contribution in [0.5, 0.6) is 0 Å². The zero-order valence-electron chi connectivity index (χ0n) is 8.16. The lowest BCUT2D eigenvalue weighted by Gasteiger charge is -1.95. The number of hydrogen-bond donors (Lipinski definition) is 0. The minimum atomic E-state index is 0.561. The van der Waals surface area contributed by atoms with Gasteiger partial charge in [0.05, 0.1) is 17.9 Å². The summed E-state index contributed by atoms with van der Waals surface area (Å²) in [5.74, 6) is 1.28. The first kappa shape index (κ1) is 8.68. The topological polar surface area (TPSA) is 67.1 Å². The lowest BCUT2D eigenvalue weighted by atomic mass is 10.3. The van der Waals surface area contributed by atoms with E-state index < -0.39 is 0 Å². The fraction of sp³-hybridized carbons (Fsp3) is 0. The molecule has 76 valence electrons. The minimum Gasteiger partial charge on any atom is -0.461 e. The molecule has 0 saturated carbocycles. The van der Waals surface area contributed by atoms with E-state index in [0.29, 0.717) is 22.8 Å². The highest BCUT2D eigenvalue weighted by molar-refractivity contribution is 5.55. The maximum Gasteiger partial charge on any atom is 0.204 e. The summed E-state index contributed by atoms with van der Waals surface area (Å²) in [5.41, 5.74) is 1.19. The van der Waals surface area contributed by atoms with Crippen LogP contribution in [0.1, 0.15) is 5.56 Å². The highest BCUT2D eigenvalue weighted by Gasteiger charge is 2.10.